The maximum absolute atomic E-state index is 12.0. The third-order valence-electron chi connectivity index (χ3n) is 4.68. The van der Waals surface area contributed by atoms with Crippen LogP contribution < -0.4 is 10.6 Å². The summed E-state index contributed by atoms with van der Waals surface area (Å²) >= 11 is 0. The van der Waals surface area contributed by atoms with Gasteiger partial charge in [-0.25, -0.2) is 4.79 Å². The maximum Gasteiger partial charge on any atom is 0.315 e. The van der Waals surface area contributed by atoms with Gasteiger partial charge in [0, 0.05) is 12.1 Å². The van der Waals surface area contributed by atoms with E-state index < -0.39 is 11.9 Å². The van der Waals surface area contributed by atoms with Crippen molar-refractivity contribution in [2.75, 3.05) is 0 Å². The summed E-state index contributed by atoms with van der Waals surface area (Å²) < 4.78 is 0. The first-order valence-corrected chi connectivity index (χ1v) is 7.86. The van der Waals surface area contributed by atoms with E-state index in [0.717, 1.165) is 44.9 Å². The normalized spacial score (nSPS) is 34.2. The highest BCUT2D eigenvalue weighted by molar-refractivity contribution is 5.77. The molecule has 2 fully saturated rings. The number of nitrogens with one attached hydrogen (secondary N) is 2. The third kappa shape index (κ3) is 4.12. The smallest absolute Gasteiger partial charge is 0.315 e. The van der Waals surface area contributed by atoms with Gasteiger partial charge in [0.1, 0.15) is 0 Å². The summed E-state index contributed by atoms with van der Waals surface area (Å²) in [7, 11) is 0. The molecule has 0 heterocycles. The molecule has 2 amide bonds. The average Bonchev–Trinajstić information content (AvgIpc) is 2.64. The van der Waals surface area contributed by atoms with Crippen LogP contribution in [0, 0.1) is 11.8 Å². The molecule has 3 N–H and O–H groups in total. The van der Waals surface area contributed by atoms with Crippen LogP contribution in [-0.2, 0) is 4.79 Å². The predicted octanol–water partition coefficient (Wildman–Crippen LogP) is 2.51. The number of aliphatic carboxylic acids is 1. The molecule has 2 aliphatic carbocycles. The van der Waals surface area contributed by atoms with Crippen molar-refractivity contribution in [3.63, 3.8) is 0 Å². The molecule has 0 aromatic heterocycles. The quantitative estimate of drug-likeness (QED) is 0.696. The molecule has 0 radical (unpaired) electrons. The minimum Gasteiger partial charge on any atom is -0.481 e. The van der Waals surface area contributed by atoms with Crippen molar-refractivity contribution >= 4 is 12.0 Å². The highest BCUT2D eigenvalue weighted by atomic mass is 16.4. The number of carbonyl (C=O) groups excluding carboxylic acids is 1. The lowest BCUT2D eigenvalue weighted by molar-refractivity contribution is -0.142. The zero-order valence-corrected chi connectivity index (χ0v) is 12.2. The molecule has 0 aliphatic heterocycles. The van der Waals surface area contributed by atoms with Crippen LogP contribution in [0.15, 0.2) is 0 Å². The lowest BCUT2D eigenvalue weighted by Crippen LogP contribution is -2.49. The standard InChI is InChI=1S/C15H26N2O3/c1-10-7-8-11(9-10)16-15(20)17-13-6-4-2-3-5-12(13)14(18)19/h10-13H,2-9H2,1H3,(H,18,19)(H2,16,17,20). The summed E-state index contributed by atoms with van der Waals surface area (Å²) in [5, 5.41) is 15.2. The molecule has 114 valence electrons. The summed E-state index contributed by atoms with van der Waals surface area (Å²) in [4.78, 5) is 23.4. The number of hydrogen-bond acceptors (Lipinski definition) is 2. The minimum absolute atomic E-state index is 0.192. The molecule has 0 spiro atoms. The van der Waals surface area contributed by atoms with Crippen molar-refractivity contribution in [2.24, 2.45) is 11.8 Å². The second kappa shape index (κ2) is 6.95. The van der Waals surface area contributed by atoms with Gasteiger partial charge >= 0.3 is 12.0 Å². The lowest BCUT2D eigenvalue weighted by Gasteiger charge is -2.24. The number of carbonyl (C=O) groups is 2. The molecule has 2 aliphatic rings. The molecule has 20 heavy (non-hydrogen) atoms. The molecule has 0 aromatic rings. The Morgan fingerprint density at radius 1 is 1.00 bits per heavy atom. The zero-order valence-electron chi connectivity index (χ0n) is 12.2. The second-order valence-corrected chi connectivity index (χ2v) is 6.42. The molecule has 5 nitrogen and oxygen atoms in total. The maximum atomic E-state index is 12.0. The van der Waals surface area contributed by atoms with Crippen LogP contribution in [0.3, 0.4) is 0 Å². The molecule has 0 saturated heterocycles. The van der Waals surface area contributed by atoms with Gasteiger partial charge in [-0.15, -0.1) is 0 Å². The number of urea groups is 1. The monoisotopic (exact) mass is 282 g/mol. The van der Waals surface area contributed by atoms with E-state index in [9.17, 15) is 14.7 Å². The molecule has 5 heteroatoms. The Morgan fingerprint density at radius 2 is 1.75 bits per heavy atom. The molecule has 2 rings (SSSR count). The number of carboxylic acids is 1. The fourth-order valence-corrected chi connectivity index (χ4v) is 3.51. The molecule has 4 atom stereocenters. The van der Waals surface area contributed by atoms with E-state index in [0.29, 0.717) is 12.3 Å². The van der Waals surface area contributed by atoms with Crippen molar-refractivity contribution in [1.29, 1.82) is 0 Å². The van der Waals surface area contributed by atoms with Gasteiger partial charge in [-0.3, -0.25) is 4.79 Å². The summed E-state index contributed by atoms with van der Waals surface area (Å²) in [6.45, 7) is 2.20. The van der Waals surface area contributed by atoms with E-state index in [1.54, 1.807) is 0 Å². The van der Waals surface area contributed by atoms with Crippen LogP contribution in [0.5, 0.6) is 0 Å². The van der Waals surface area contributed by atoms with Crippen molar-refractivity contribution in [1.82, 2.24) is 10.6 Å². The summed E-state index contributed by atoms with van der Waals surface area (Å²) in [6, 6.07) is -0.171. The number of amides is 2. The lowest BCUT2D eigenvalue weighted by atomic mass is 9.95. The molecular formula is C15H26N2O3. The molecule has 0 bridgehead atoms. The highest BCUT2D eigenvalue weighted by Gasteiger charge is 2.31. The SMILES string of the molecule is CC1CCC(NC(=O)NC2CCCCCC2C(=O)O)C1. The van der Waals surface area contributed by atoms with Crippen LogP contribution in [0.2, 0.25) is 0 Å². The zero-order chi connectivity index (χ0) is 14.5. The van der Waals surface area contributed by atoms with Crippen LogP contribution in [0.25, 0.3) is 0 Å². The van der Waals surface area contributed by atoms with Crippen LogP contribution in [-0.4, -0.2) is 29.2 Å². The number of rotatable bonds is 3. The van der Waals surface area contributed by atoms with Crippen molar-refractivity contribution < 1.29 is 14.7 Å². The molecular weight excluding hydrogens is 256 g/mol. The highest BCUT2D eigenvalue weighted by Crippen LogP contribution is 2.25. The van der Waals surface area contributed by atoms with E-state index in [-0.39, 0.29) is 18.1 Å². The van der Waals surface area contributed by atoms with E-state index in [2.05, 4.69) is 17.6 Å². The Hall–Kier alpha value is -1.26. The van der Waals surface area contributed by atoms with E-state index in [1.807, 2.05) is 0 Å². The first-order valence-electron chi connectivity index (χ1n) is 7.86. The fourth-order valence-electron chi connectivity index (χ4n) is 3.51. The predicted molar refractivity (Wildman–Crippen MR) is 76.5 cm³/mol. The first-order chi connectivity index (χ1) is 9.56. The van der Waals surface area contributed by atoms with Crippen molar-refractivity contribution in [3.05, 3.63) is 0 Å². The second-order valence-electron chi connectivity index (χ2n) is 6.42. The Morgan fingerprint density at radius 3 is 2.40 bits per heavy atom. The van der Waals surface area contributed by atoms with Gasteiger partial charge in [0.05, 0.1) is 5.92 Å². The Kier molecular flexibility index (Phi) is 5.26. The summed E-state index contributed by atoms with van der Waals surface area (Å²) in [5.41, 5.74) is 0. The van der Waals surface area contributed by atoms with E-state index in [4.69, 9.17) is 0 Å². The van der Waals surface area contributed by atoms with Crippen LogP contribution in [0.1, 0.15) is 58.3 Å². The topological polar surface area (TPSA) is 78.4 Å². The Balaban J connectivity index is 1.85. The van der Waals surface area contributed by atoms with Gasteiger partial charge in [-0.05, 0) is 38.0 Å². The van der Waals surface area contributed by atoms with E-state index >= 15 is 0 Å². The average molecular weight is 282 g/mol. The van der Waals surface area contributed by atoms with Crippen LogP contribution >= 0.6 is 0 Å². The van der Waals surface area contributed by atoms with Crippen molar-refractivity contribution in [3.8, 4) is 0 Å². The largest absolute Gasteiger partial charge is 0.481 e. The minimum atomic E-state index is -0.785. The number of carboxylic acid groups (broad SMARTS) is 1. The van der Waals surface area contributed by atoms with Gasteiger partial charge < -0.3 is 15.7 Å². The molecule has 0 aromatic carbocycles. The van der Waals surface area contributed by atoms with Crippen LogP contribution in [0.4, 0.5) is 4.79 Å². The Bertz CT molecular complexity index is 359. The summed E-state index contributed by atoms with van der Waals surface area (Å²) in [5.74, 6) is -0.553. The van der Waals surface area contributed by atoms with Gasteiger partial charge in [0.15, 0.2) is 0 Å². The summed E-state index contributed by atoms with van der Waals surface area (Å²) in [6.07, 6.45) is 7.65. The van der Waals surface area contributed by atoms with Gasteiger partial charge in [-0.1, -0.05) is 26.2 Å². The van der Waals surface area contributed by atoms with Crippen molar-refractivity contribution in [2.45, 2.75) is 70.4 Å². The van der Waals surface area contributed by atoms with Gasteiger partial charge in [0.2, 0.25) is 0 Å². The molecule has 4 unspecified atom stereocenters. The third-order valence-corrected chi connectivity index (χ3v) is 4.68. The fraction of sp³-hybridized carbons (Fsp3) is 0.867. The van der Waals surface area contributed by atoms with Gasteiger partial charge in [-0.2, -0.15) is 0 Å². The Labute approximate surface area is 120 Å². The first kappa shape index (κ1) is 15.1. The van der Waals surface area contributed by atoms with E-state index in [1.165, 1.54) is 0 Å². The molecule has 2 saturated carbocycles. The van der Waals surface area contributed by atoms with Gasteiger partial charge in [0.25, 0.3) is 0 Å². The number of hydrogen-bond donors (Lipinski definition) is 3.